The molecule has 0 amide bonds. The van der Waals surface area contributed by atoms with Gasteiger partial charge in [-0.25, -0.2) is 4.39 Å². The van der Waals surface area contributed by atoms with E-state index in [1.807, 2.05) is 31.2 Å². The molecule has 0 aliphatic rings. The molecular formula is C14H14FNO. The Balaban J connectivity index is 2.41. The Kier molecular flexibility index (Phi) is 2.94. The van der Waals surface area contributed by atoms with Crippen LogP contribution in [0.3, 0.4) is 0 Å². The molecule has 1 N–H and O–H groups in total. The molecule has 2 aromatic rings. The number of hydrogen-bond donors (Lipinski definition) is 1. The standard InChI is InChI=1S/C14H14FNO/c1-10-3-5-11(6-4-10)14(2,17)13-8-7-12(15)9-16-13/h3-9,17H,1-2H3. The Morgan fingerprint density at radius 3 is 2.29 bits per heavy atom. The summed E-state index contributed by atoms with van der Waals surface area (Å²) in [7, 11) is 0. The minimum atomic E-state index is -1.21. The number of benzene rings is 1. The molecule has 2 nitrogen and oxygen atoms in total. The van der Waals surface area contributed by atoms with E-state index >= 15 is 0 Å². The van der Waals surface area contributed by atoms with Gasteiger partial charge >= 0.3 is 0 Å². The highest BCUT2D eigenvalue weighted by Crippen LogP contribution is 2.27. The fraction of sp³-hybridized carbons (Fsp3) is 0.214. The summed E-state index contributed by atoms with van der Waals surface area (Å²) in [5, 5.41) is 10.5. The van der Waals surface area contributed by atoms with E-state index in [1.165, 1.54) is 12.1 Å². The summed E-state index contributed by atoms with van der Waals surface area (Å²) in [4.78, 5) is 3.92. The van der Waals surface area contributed by atoms with E-state index in [-0.39, 0.29) is 0 Å². The summed E-state index contributed by atoms with van der Waals surface area (Å²) >= 11 is 0. The number of halogens is 1. The van der Waals surface area contributed by atoms with Crippen molar-refractivity contribution in [2.45, 2.75) is 19.4 Å². The van der Waals surface area contributed by atoms with Gasteiger partial charge in [-0.2, -0.15) is 0 Å². The van der Waals surface area contributed by atoms with Gasteiger partial charge in [0.2, 0.25) is 0 Å². The van der Waals surface area contributed by atoms with Crippen molar-refractivity contribution >= 4 is 0 Å². The highest BCUT2D eigenvalue weighted by Gasteiger charge is 2.26. The predicted molar refractivity (Wildman–Crippen MR) is 64.0 cm³/mol. The Morgan fingerprint density at radius 1 is 1.12 bits per heavy atom. The zero-order chi connectivity index (χ0) is 12.5. The van der Waals surface area contributed by atoms with Crippen LogP contribution in [-0.4, -0.2) is 10.1 Å². The first-order valence-corrected chi connectivity index (χ1v) is 5.42. The molecule has 1 unspecified atom stereocenters. The summed E-state index contributed by atoms with van der Waals surface area (Å²) in [6, 6.07) is 10.3. The molecule has 1 aromatic carbocycles. The summed E-state index contributed by atoms with van der Waals surface area (Å²) in [6.45, 7) is 3.63. The van der Waals surface area contributed by atoms with Crippen LogP contribution in [0.15, 0.2) is 42.6 Å². The van der Waals surface area contributed by atoms with Gasteiger partial charge in [-0.3, -0.25) is 4.98 Å². The molecule has 1 aromatic heterocycles. The fourth-order valence-electron chi connectivity index (χ4n) is 1.69. The third-order valence-corrected chi connectivity index (χ3v) is 2.84. The lowest BCUT2D eigenvalue weighted by atomic mass is 9.91. The van der Waals surface area contributed by atoms with E-state index in [0.717, 1.165) is 17.3 Å². The van der Waals surface area contributed by atoms with Crippen LogP contribution in [0.4, 0.5) is 4.39 Å². The van der Waals surface area contributed by atoms with Crippen molar-refractivity contribution in [3.05, 3.63) is 65.2 Å². The van der Waals surface area contributed by atoms with Gasteiger partial charge in [0, 0.05) is 0 Å². The van der Waals surface area contributed by atoms with Gasteiger partial charge in [0.15, 0.2) is 0 Å². The number of aryl methyl sites for hydroxylation is 1. The quantitative estimate of drug-likeness (QED) is 0.862. The molecule has 1 heterocycles. The number of rotatable bonds is 2. The van der Waals surface area contributed by atoms with E-state index in [1.54, 1.807) is 6.92 Å². The van der Waals surface area contributed by atoms with Crippen LogP contribution in [0.25, 0.3) is 0 Å². The molecule has 2 rings (SSSR count). The van der Waals surface area contributed by atoms with Crippen LogP contribution in [0, 0.1) is 12.7 Å². The maximum absolute atomic E-state index is 12.8. The van der Waals surface area contributed by atoms with Crippen LogP contribution >= 0.6 is 0 Å². The van der Waals surface area contributed by atoms with Crippen molar-refractivity contribution in [2.24, 2.45) is 0 Å². The zero-order valence-corrected chi connectivity index (χ0v) is 9.81. The highest BCUT2D eigenvalue weighted by molar-refractivity contribution is 5.33. The molecule has 1 atom stereocenters. The summed E-state index contributed by atoms with van der Waals surface area (Å²) in [6.07, 6.45) is 1.11. The molecule has 0 saturated heterocycles. The van der Waals surface area contributed by atoms with Crippen molar-refractivity contribution in [2.75, 3.05) is 0 Å². The Hall–Kier alpha value is -1.74. The Morgan fingerprint density at radius 2 is 1.76 bits per heavy atom. The molecule has 0 spiro atoms. The van der Waals surface area contributed by atoms with Crippen LogP contribution in [0.1, 0.15) is 23.7 Å². The highest BCUT2D eigenvalue weighted by atomic mass is 19.1. The number of pyridine rings is 1. The van der Waals surface area contributed by atoms with E-state index in [0.29, 0.717) is 5.69 Å². The van der Waals surface area contributed by atoms with Crippen molar-refractivity contribution in [1.29, 1.82) is 0 Å². The minimum absolute atomic E-state index is 0.409. The van der Waals surface area contributed by atoms with Gasteiger partial charge in [0.1, 0.15) is 11.4 Å². The van der Waals surface area contributed by atoms with E-state index in [9.17, 15) is 9.50 Å². The second-order valence-corrected chi connectivity index (χ2v) is 4.30. The van der Waals surface area contributed by atoms with Gasteiger partial charge in [0.25, 0.3) is 0 Å². The Bertz CT molecular complexity index is 455. The average molecular weight is 231 g/mol. The van der Waals surface area contributed by atoms with Crippen molar-refractivity contribution in [3.8, 4) is 0 Å². The molecule has 0 fully saturated rings. The van der Waals surface area contributed by atoms with Crippen molar-refractivity contribution in [1.82, 2.24) is 4.98 Å². The Labute approximate surface area is 99.8 Å². The molecule has 17 heavy (non-hydrogen) atoms. The first-order valence-electron chi connectivity index (χ1n) is 5.42. The third-order valence-electron chi connectivity index (χ3n) is 2.84. The van der Waals surface area contributed by atoms with Gasteiger partial charge < -0.3 is 5.11 Å². The smallest absolute Gasteiger partial charge is 0.141 e. The molecule has 0 aliphatic heterocycles. The van der Waals surface area contributed by atoms with Crippen molar-refractivity contribution in [3.63, 3.8) is 0 Å². The molecule has 0 saturated carbocycles. The largest absolute Gasteiger partial charge is 0.379 e. The van der Waals surface area contributed by atoms with Gasteiger partial charge in [0.05, 0.1) is 11.9 Å². The van der Waals surface area contributed by atoms with E-state index in [2.05, 4.69) is 4.98 Å². The molecule has 0 aliphatic carbocycles. The van der Waals surface area contributed by atoms with E-state index in [4.69, 9.17) is 0 Å². The lowest BCUT2D eigenvalue weighted by Gasteiger charge is -2.23. The van der Waals surface area contributed by atoms with Crippen LogP contribution in [-0.2, 0) is 5.60 Å². The third kappa shape index (κ3) is 2.34. The number of hydrogen-bond acceptors (Lipinski definition) is 2. The average Bonchev–Trinajstić information content (AvgIpc) is 2.30. The molecule has 0 bridgehead atoms. The normalized spacial score (nSPS) is 14.4. The molecular weight excluding hydrogens is 217 g/mol. The zero-order valence-electron chi connectivity index (χ0n) is 9.81. The number of nitrogens with zero attached hydrogens (tertiary/aromatic N) is 1. The predicted octanol–water partition coefficient (Wildman–Crippen LogP) is 2.78. The second kappa shape index (κ2) is 4.26. The summed E-state index contributed by atoms with van der Waals surface area (Å²) in [5.74, 6) is -0.409. The van der Waals surface area contributed by atoms with Gasteiger partial charge in [-0.15, -0.1) is 0 Å². The van der Waals surface area contributed by atoms with E-state index < -0.39 is 11.4 Å². The maximum Gasteiger partial charge on any atom is 0.141 e. The van der Waals surface area contributed by atoms with Crippen molar-refractivity contribution < 1.29 is 9.50 Å². The van der Waals surface area contributed by atoms with Crippen LogP contribution in [0.5, 0.6) is 0 Å². The lowest BCUT2D eigenvalue weighted by molar-refractivity contribution is 0.0972. The van der Waals surface area contributed by atoms with Crippen LogP contribution < -0.4 is 0 Å². The first kappa shape index (κ1) is 11.7. The molecule has 88 valence electrons. The molecule has 0 radical (unpaired) electrons. The van der Waals surface area contributed by atoms with Gasteiger partial charge in [-0.1, -0.05) is 29.8 Å². The van der Waals surface area contributed by atoms with Crippen LogP contribution in [0.2, 0.25) is 0 Å². The number of aliphatic hydroxyl groups is 1. The lowest BCUT2D eigenvalue weighted by Crippen LogP contribution is -2.24. The van der Waals surface area contributed by atoms with Gasteiger partial charge in [-0.05, 0) is 31.5 Å². The SMILES string of the molecule is Cc1ccc(C(C)(O)c2ccc(F)cn2)cc1. The summed E-state index contributed by atoms with van der Waals surface area (Å²) in [5.41, 5.74) is 1.09. The maximum atomic E-state index is 12.8. The summed E-state index contributed by atoms with van der Waals surface area (Å²) < 4.78 is 12.8. The number of aromatic nitrogens is 1. The monoisotopic (exact) mass is 231 g/mol. The fourth-order valence-corrected chi connectivity index (χ4v) is 1.69. The second-order valence-electron chi connectivity index (χ2n) is 4.30. The first-order chi connectivity index (χ1) is 8.00. The minimum Gasteiger partial charge on any atom is -0.379 e. The topological polar surface area (TPSA) is 33.1 Å². The molecule has 3 heteroatoms.